The molecule has 0 unspecified atom stereocenters. The second kappa shape index (κ2) is 7.20. The molecule has 1 N–H and O–H groups in total. The van der Waals surface area contributed by atoms with Crippen molar-refractivity contribution in [3.05, 3.63) is 59.8 Å². The van der Waals surface area contributed by atoms with Crippen molar-refractivity contribution in [2.24, 2.45) is 0 Å². The van der Waals surface area contributed by atoms with E-state index in [1.807, 2.05) is 42.5 Å². The fourth-order valence-corrected chi connectivity index (χ4v) is 1.57. The summed E-state index contributed by atoms with van der Waals surface area (Å²) in [5, 5.41) is 3.25. The molecule has 3 heteroatoms. The molecule has 0 bridgehead atoms. The highest BCUT2D eigenvalue weighted by molar-refractivity contribution is 5.33. The van der Waals surface area contributed by atoms with Crippen LogP contribution in [0, 0.1) is 11.8 Å². The van der Waals surface area contributed by atoms with E-state index in [0.29, 0.717) is 12.4 Å². The Bertz CT molecular complexity index is 553. The maximum Gasteiger partial charge on any atom is 0.212 e. The van der Waals surface area contributed by atoms with E-state index >= 15 is 0 Å². The van der Waals surface area contributed by atoms with Gasteiger partial charge < -0.3 is 10.1 Å². The van der Waals surface area contributed by atoms with Crippen LogP contribution in [0.1, 0.15) is 11.1 Å². The first-order chi connectivity index (χ1) is 9.38. The second-order valence-electron chi connectivity index (χ2n) is 3.98. The Morgan fingerprint density at radius 3 is 2.68 bits per heavy atom. The molecule has 0 saturated heterocycles. The molecule has 1 aromatic heterocycles. The number of nitrogens with one attached hydrogen (secondary N) is 1. The summed E-state index contributed by atoms with van der Waals surface area (Å²) in [7, 11) is 1.61. The molecule has 0 atom stereocenters. The number of ether oxygens (including phenoxy) is 1. The fourth-order valence-electron chi connectivity index (χ4n) is 1.57. The van der Waals surface area contributed by atoms with E-state index < -0.39 is 0 Å². The fraction of sp³-hybridized carbons (Fsp3) is 0.188. The second-order valence-corrected chi connectivity index (χ2v) is 3.98. The zero-order valence-corrected chi connectivity index (χ0v) is 10.9. The van der Waals surface area contributed by atoms with Crippen molar-refractivity contribution in [1.82, 2.24) is 10.3 Å². The van der Waals surface area contributed by atoms with Crippen molar-refractivity contribution >= 4 is 0 Å². The van der Waals surface area contributed by atoms with Gasteiger partial charge in [0.15, 0.2) is 0 Å². The van der Waals surface area contributed by atoms with Crippen LogP contribution in [0.3, 0.4) is 0 Å². The van der Waals surface area contributed by atoms with Gasteiger partial charge in [0.25, 0.3) is 0 Å². The van der Waals surface area contributed by atoms with Crippen LogP contribution in [0.5, 0.6) is 5.88 Å². The van der Waals surface area contributed by atoms with Crippen molar-refractivity contribution in [1.29, 1.82) is 0 Å². The molecule has 19 heavy (non-hydrogen) atoms. The highest BCUT2D eigenvalue weighted by Crippen LogP contribution is 2.05. The van der Waals surface area contributed by atoms with E-state index in [-0.39, 0.29) is 0 Å². The van der Waals surface area contributed by atoms with E-state index in [2.05, 4.69) is 22.1 Å². The Balaban J connectivity index is 1.76. The van der Waals surface area contributed by atoms with Crippen LogP contribution < -0.4 is 10.1 Å². The van der Waals surface area contributed by atoms with Gasteiger partial charge in [-0.25, -0.2) is 4.98 Å². The zero-order chi connectivity index (χ0) is 13.3. The van der Waals surface area contributed by atoms with E-state index in [1.165, 1.54) is 0 Å². The molecule has 0 radical (unpaired) electrons. The van der Waals surface area contributed by atoms with E-state index in [1.54, 1.807) is 13.3 Å². The summed E-state index contributed by atoms with van der Waals surface area (Å²) in [5.41, 5.74) is 2.15. The van der Waals surface area contributed by atoms with E-state index in [0.717, 1.165) is 17.7 Å². The number of methoxy groups -OCH3 is 1. The number of nitrogens with zero attached hydrogens (tertiary/aromatic N) is 1. The molecule has 96 valence electrons. The van der Waals surface area contributed by atoms with Gasteiger partial charge in [0.1, 0.15) is 0 Å². The van der Waals surface area contributed by atoms with Crippen LogP contribution >= 0.6 is 0 Å². The number of rotatable bonds is 4. The molecular weight excluding hydrogens is 236 g/mol. The molecule has 0 aliphatic heterocycles. The van der Waals surface area contributed by atoms with Crippen molar-refractivity contribution in [3.63, 3.8) is 0 Å². The Morgan fingerprint density at radius 1 is 1.16 bits per heavy atom. The van der Waals surface area contributed by atoms with Gasteiger partial charge in [0.05, 0.1) is 13.7 Å². The monoisotopic (exact) mass is 252 g/mol. The topological polar surface area (TPSA) is 34.1 Å². The normalized spacial score (nSPS) is 9.53. The Morgan fingerprint density at radius 2 is 2.00 bits per heavy atom. The Kier molecular flexibility index (Phi) is 4.97. The summed E-state index contributed by atoms with van der Waals surface area (Å²) in [6.45, 7) is 1.40. The van der Waals surface area contributed by atoms with Crippen LogP contribution in [0.15, 0.2) is 48.7 Å². The lowest BCUT2D eigenvalue weighted by Crippen LogP contribution is -2.13. The predicted molar refractivity (Wildman–Crippen MR) is 75.8 cm³/mol. The standard InChI is InChI=1S/C16H16N2O/c1-19-16-10-9-15(13-18-16)12-17-11-5-8-14-6-3-2-4-7-14/h2-4,6-7,9-10,13,17H,11-12H2,1H3. The molecule has 0 aliphatic carbocycles. The lowest BCUT2D eigenvalue weighted by molar-refractivity contribution is 0.397. The molecule has 0 aliphatic rings. The Hall–Kier alpha value is -2.31. The third-order valence-corrected chi connectivity index (χ3v) is 2.56. The molecule has 0 saturated carbocycles. The van der Waals surface area contributed by atoms with Crippen molar-refractivity contribution in [2.45, 2.75) is 6.54 Å². The zero-order valence-electron chi connectivity index (χ0n) is 10.9. The first kappa shape index (κ1) is 13.1. The van der Waals surface area contributed by atoms with Crippen LogP contribution in [0.25, 0.3) is 0 Å². The number of hydrogen-bond acceptors (Lipinski definition) is 3. The highest BCUT2D eigenvalue weighted by atomic mass is 16.5. The van der Waals surface area contributed by atoms with E-state index in [4.69, 9.17) is 4.74 Å². The number of hydrogen-bond donors (Lipinski definition) is 1. The first-order valence-corrected chi connectivity index (χ1v) is 6.12. The Labute approximate surface area is 113 Å². The highest BCUT2D eigenvalue weighted by Gasteiger charge is 1.94. The van der Waals surface area contributed by atoms with Gasteiger partial charge in [0.2, 0.25) is 5.88 Å². The van der Waals surface area contributed by atoms with Crippen molar-refractivity contribution in [2.75, 3.05) is 13.7 Å². The van der Waals surface area contributed by atoms with E-state index in [9.17, 15) is 0 Å². The van der Waals surface area contributed by atoms with Gasteiger partial charge in [-0.1, -0.05) is 36.1 Å². The van der Waals surface area contributed by atoms with Gasteiger partial charge in [-0.2, -0.15) is 0 Å². The molecule has 2 rings (SSSR count). The summed E-state index contributed by atoms with van der Waals surface area (Å²) in [6.07, 6.45) is 1.80. The van der Waals surface area contributed by atoms with Crippen LogP contribution in [0.4, 0.5) is 0 Å². The molecule has 1 aromatic carbocycles. The summed E-state index contributed by atoms with van der Waals surface area (Å²) < 4.78 is 5.01. The van der Waals surface area contributed by atoms with Gasteiger partial charge in [-0.15, -0.1) is 0 Å². The lowest BCUT2D eigenvalue weighted by Gasteiger charge is -2.02. The number of aromatic nitrogens is 1. The quantitative estimate of drug-likeness (QED) is 0.669. The minimum absolute atomic E-state index is 0.632. The maximum absolute atomic E-state index is 5.01. The summed E-state index contributed by atoms with van der Waals surface area (Å²) in [4.78, 5) is 4.15. The summed E-state index contributed by atoms with van der Waals surface area (Å²) >= 11 is 0. The van der Waals surface area contributed by atoms with Crippen LogP contribution in [0.2, 0.25) is 0 Å². The van der Waals surface area contributed by atoms with Gasteiger partial charge in [-0.3, -0.25) is 0 Å². The molecule has 2 aromatic rings. The van der Waals surface area contributed by atoms with Gasteiger partial charge in [-0.05, 0) is 17.7 Å². The lowest BCUT2D eigenvalue weighted by atomic mass is 10.2. The third-order valence-electron chi connectivity index (χ3n) is 2.56. The third kappa shape index (κ3) is 4.46. The molecular formula is C16H16N2O. The molecule has 0 amide bonds. The number of pyridine rings is 1. The minimum Gasteiger partial charge on any atom is -0.481 e. The van der Waals surface area contributed by atoms with Crippen molar-refractivity contribution < 1.29 is 4.74 Å². The van der Waals surface area contributed by atoms with Crippen LogP contribution in [-0.4, -0.2) is 18.6 Å². The summed E-state index contributed by atoms with van der Waals surface area (Å²) in [5.74, 6) is 6.82. The average Bonchev–Trinajstić information content (AvgIpc) is 2.49. The summed E-state index contributed by atoms with van der Waals surface area (Å²) in [6, 6.07) is 13.8. The number of benzene rings is 1. The SMILES string of the molecule is COc1ccc(CNCC#Cc2ccccc2)cn1. The van der Waals surface area contributed by atoms with Crippen molar-refractivity contribution in [3.8, 4) is 17.7 Å². The smallest absolute Gasteiger partial charge is 0.212 e. The van der Waals surface area contributed by atoms with Gasteiger partial charge >= 0.3 is 0 Å². The largest absolute Gasteiger partial charge is 0.481 e. The molecule has 3 nitrogen and oxygen atoms in total. The predicted octanol–water partition coefficient (Wildman–Crippen LogP) is 2.23. The molecule has 1 heterocycles. The first-order valence-electron chi connectivity index (χ1n) is 6.12. The van der Waals surface area contributed by atoms with Crippen LogP contribution in [-0.2, 0) is 6.54 Å². The minimum atomic E-state index is 0.632. The van der Waals surface area contributed by atoms with Gasteiger partial charge in [0, 0.05) is 24.4 Å². The molecule has 0 spiro atoms. The average molecular weight is 252 g/mol. The molecule has 0 fully saturated rings. The maximum atomic E-state index is 5.01.